The third-order valence-corrected chi connectivity index (χ3v) is 6.57. The summed E-state index contributed by atoms with van der Waals surface area (Å²) in [6.45, 7) is 16.2. The van der Waals surface area contributed by atoms with Crippen LogP contribution in [0.5, 0.6) is 0 Å². The summed E-state index contributed by atoms with van der Waals surface area (Å²) < 4.78 is 5.41. The lowest BCUT2D eigenvalue weighted by atomic mass is 9.93. The zero-order chi connectivity index (χ0) is 24.7. The maximum absolute atomic E-state index is 13.5. The number of rotatable bonds is 9. The van der Waals surface area contributed by atoms with Crippen LogP contribution in [0.1, 0.15) is 66.9 Å². The molecule has 33 heavy (non-hydrogen) atoms. The molecular formula is C25H40N4O3S. The molecule has 0 spiro atoms. The number of thioether (sulfide) groups is 1. The van der Waals surface area contributed by atoms with Gasteiger partial charge in [-0.1, -0.05) is 83.6 Å². The van der Waals surface area contributed by atoms with Gasteiger partial charge in [0, 0.05) is 24.0 Å². The molecule has 1 atom stereocenters. The summed E-state index contributed by atoms with van der Waals surface area (Å²) in [7, 11) is 0. The van der Waals surface area contributed by atoms with E-state index in [1.807, 2.05) is 78.8 Å². The SMILES string of the molecule is CCOCCCNCCC1(c2ccccc2)SC(NC(=O)C(C)(C)C)=NN1C(=O)C(C)(C)C. The molecule has 184 valence electrons. The highest BCUT2D eigenvalue weighted by molar-refractivity contribution is 8.14. The van der Waals surface area contributed by atoms with Gasteiger partial charge in [0.15, 0.2) is 5.17 Å². The zero-order valence-corrected chi connectivity index (χ0v) is 22.0. The van der Waals surface area contributed by atoms with Crippen LogP contribution in [0.3, 0.4) is 0 Å². The normalized spacial score (nSPS) is 18.9. The van der Waals surface area contributed by atoms with Crippen LogP contribution in [0, 0.1) is 10.8 Å². The summed E-state index contributed by atoms with van der Waals surface area (Å²) in [6, 6.07) is 9.95. The molecule has 2 rings (SSSR count). The van der Waals surface area contributed by atoms with Crippen molar-refractivity contribution in [2.75, 3.05) is 26.3 Å². The van der Waals surface area contributed by atoms with E-state index in [4.69, 9.17) is 4.74 Å². The number of hydrazone groups is 1. The van der Waals surface area contributed by atoms with Gasteiger partial charge >= 0.3 is 0 Å². The van der Waals surface area contributed by atoms with Crippen LogP contribution in [-0.4, -0.2) is 48.3 Å². The predicted molar refractivity (Wildman–Crippen MR) is 136 cm³/mol. The number of hydrogen-bond acceptors (Lipinski definition) is 6. The Morgan fingerprint density at radius 2 is 1.73 bits per heavy atom. The van der Waals surface area contributed by atoms with Crippen molar-refractivity contribution in [3.05, 3.63) is 35.9 Å². The van der Waals surface area contributed by atoms with Crippen molar-refractivity contribution in [2.24, 2.45) is 15.9 Å². The van der Waals surface area contributed by atoms with Crippen molar-refractivity contribution in [2.45, 2.75) is 66.2 Å². The lowest BCUT2D eigenvalue weighted by Crippen LogP contribution is -2.47. The lowest BCUT2D eigenvalue weighted by Gasteiger charge is -2.38. The molecule has 2 N–H and O–H groups in total. The Bertz CT molecular complexity index is 830. The van der Waals surface area contributed by atoms with E-state index in [1.54, 1.807) is 5.01 Å². The molecule has 8 heteroatoms. The Morgan fingerprint density at radius 3 is 2.30 bits per heavy atom. The van der Waals surface area contributed by atoms with Gasteiger partial charge in [-0.25, -0.2) is 5.01 Å². The Morgan fingerprint density at radius 1 is 1.06 bits per heavy atom. The topological polar surface area (TPSA) is 83.0 Å². The number of benzene rings is 1. The average Bonchev–Trinajstić information content (AvgIpc) is 3.10. The van der Waals surface area contributed by atoms with Crippen molar-refractivity contribution in [3.8, 4) is 0 Å². The molecule has 0 aliphatic carbocycles. The molecule has 1 aromatic rings. The maximum atomic E-state index is 13.5. The van der Waals surface area contributed by atoms with Gasteiger partial charge in [0.25, 0.3) is 0 Å². The highest BCUT2D eigenvalue weighted by atomic mass is 32.2. The first-order valence-electron chi connectivity index (χ1n) is 11.7. The summed E-state index contributed by atoms with van der Waals surface area (Å²) in [5.74, 6) is -0.218. The van der Waals surface area contributed by atoms with E-state index in [0.717, 1.165) is 31.7 Å². The quantitative estimate of drug-likeness (QED) is 0.519. The number of amidine groups is 1. The zero-order valence-electron chi connectivity index (χ0n) is 21.2. The number of amides is 2. The molecule has 1 unspecified atom stereocenters. The van der Waals surface area contributed by atoms with Crippen LogP contribution >= 0.6 is 11.8 Å². The fourth-order valence-corrected chi connectivity index (χ4v) is 4.52. The number of nitrogens with zero attached hydrogens (tertiary/aromatic N) is 2. The molecule has 0 aromatic heterocycles. The van der Waals surface area contributed by atoms with Gasteiger partial charge in [0.1, 0.15) is 4.87 Å². The van der Waals surface area contributed by atoms with Gasteiger partial charge in [-0.3, -0.25) is 9.59 Å². The van der Waals surface area contributed by atoms with E-state index in [0.29, 0.717) is 18.1 Å². The molecule has 7 nitrogen and oxygen atoms in total. The predicted octanol–water partition coefficient (Wildman–Crippen LogP) is 4.30. The molecule has 1 aromatic carbocycles. The molecule has 0 bridgehead atoms. The monoisotopic (exact) mass is 476 g/mol. The molecular weight excluding hydrogens is 436 g/mol. The number of ether oxygens (including phenoxy) is 1. The molecule has 1 aliphatic heterocycles. The van der Waals surface area contributed by atoms with Gasteiger partial charge in [0.05, 0.1) is 0 Å². The van der Waals surface area contributed by atoms with Crippen LogP contribution in [-0.2, 0) is 19.2 Å². The lowest BCUT2D eigenvalue weighted by molar-refractivity contribution is -0.143. The summed E-state index contributed by atoms with van der Waals surface area (Å²) in [4.78, 5) is 25.5. The Kier molecular flexibility index (Phi) is 9.52. The number of hydrogen-bond donors (Lipinski definition) is 2. The smallest absolute Gasteiger partial charge is 0.249 e. The number of carbonyl (C=O) groups is 2. The molecule has 1 aliphatic rings. The summed E-state index contributed by atoms with van der Waals surface area (Å²) in [5.41, 5.74) is -0.215. The van der Waals surface area contributed by atoms with Crippen molar-refractivity contribution in [1.29, 1.82) is 0 Å². The van der Waals surface area contributed by atoms with E-state index < -0.39 is 15.7 Å². The molecule has 1 heterocycles. The largest absolute Gasteiger partial charge is 0.382 e. The van der Waals surface area contributed by atoms with Crippen molar-refractivity contribution < 1.29 is 14.3 Å². The van der Waals surface area contributed by atoms with Crippen LogP contribution in [0.25, 0.3) is 0 Å². The highest BCUT2D eigenvalue weighted by Gasteiger charge is 2.50. The molecule has 0 saturated carbocycles. The van der Waals surface area contributed by atoms with Crippen molar-refractivity contribution >= 4 is 28.7 Å². The molecule has 2 amide bonds. The minimum Gasteiger partial charge on any atom is -0.382 e. The average molecular weight is 477 g/mol. The summed E-state index contributed by atoms with van der Waals surface area (Å²) in [5, 5.41) is 13.1. The standard InChI is InChI=1S/C25H40N4O3S/c1-8-32-18-12-16-26-17-15-25(19-13-10-9-11-14-19)29(21(31)24(5,6)7)28-22(33-25)27-20(30)23(2,3)4/h9-11,13-14,26H,8,12,15-18H2,1-7H3,(H,27,28,30). The van der Waals surface area contributed by atoms with E-state index in [2.05, 4.69) is 15.7 Å². The molecule has 0 fully saturated rings. The third-order valence-electron chi connectivity index (χ3n) is 5.25. The Hall–Kier alpha value is -1.90. The second kappa shape index (κ2) is 11.5. The summed E-state index contributed by atoms with van der Waals surface area (Å²) in [6.07, 6.45) is 1.56. The van der Waals surface area contributed by atoms with Gasteiger partial charge in [-0.15, -0.1) is 5.10 Å². The van der Waals surface area contributed by atoms with Crippen LogP contribution in [0.2, 0.25) is 0 Å². The van der Waals surface area contributed by atoms with Crippen molar-refractivity contribution in [1.82, 2.24) is 15.6 Å². The van der Waals surface area contributed by atoms with Crippen molar-refractivity contribution in [3.63, 3.8) is 0 Å². The van der Waals surface area contributed by atoms with E-state index in [1.165, 1.54) is 11.8 Å². The second-order valence-corrected chi connectivity index (χ2v) is 11.5. The van der Waals surface area contributed by atoms with Gasteiger partial charge in [0.2, 0.25) is 11.8 Å². The maximum Gasteiger partial charge on any atom is 0.249 e. The van der Waals surface area contributed by atoms with E-state index in [9.17, 15) is 9.59 Å². The third kappa shape index (κ3) is 7.29. The van der Waals surface area contributed by atoms with Crippen LogP contribution in [0.4, 0.5) is 0 Å². The number of nitrogens with one attached hydrogen (secondary N) is 2. The van der Waals surface area contributed by atoms with E-state index >= 15 is 0 Å². The van der Waals surface area contributed by atoms with Crippen LogP contribution < -0.4 is 10.6 Å². The Balaban J connectivity index is 2.34. The van der Waals surface area contributed by atoms with Gasteiger partial charge < -0.3 is 15.4 Å². The van der Waals surface area contributed by atoms with E-state index in [-0.39, 0.29) is 11.8 Å². The first-order valence-corrected chi connectivity index (χ1v) is 12.5. The number of carbonyl (C=O) groups excluding carboxylic acids is 2. The van der Waals surface area contributed by atoms with Crippen LogP contribution in [0.15, 0.2) is 35.4 Å². The fraction of sp³-hybridized carbons (Fsp3) is 0.640. The minimum atomic E-state index is -0.751. The second-order valence-electron chi connectivity index (χ2n) is 10.3. The van der Waals surface area contributed by atoms with Gasteiger partial charge in [-0.2, -0.15) is 0 Å². The first-order chi connectivity index (χ1) is 15.4. The molecule has 0 saturated heterocycles. The first kappa shape index (κ1) is 27.3. The highest BCUT2D eigenvalue weighted by Crippen LogP contribution is 2.49. The van der Waals surface area contributed by atoms with Gasteiger partial charge in [-0.05, 0) is 38.4 Å². The fourth-order valence-electron chi connectivity index (χ4n) is 3.26. The molecule has 0 radical (unpaired) electrons. The minimum absolute atomic E-state index is 0.0878. The Labute approximate surface area is 203 Å². The summed E-state index contributed by atoms with van der Waals surface area (Å²) >= 11 is 1.44.